The first-order valence-electron chi connectivity index (χ1n) is 11.6. The summed E-state index contributed by atoms with van der Waals surface area (Å²) in [6.45, 7) is 5.97. The van der Waals surface area contributed by atoms with Crippen LogP contribution in [0.2, 0.25) is 0 Å². The van der Waals surface area contributed by atoms with Crippen LogP contribution in [0.4, 0.5) is 4.39 Å². The van der Waals surface area contributed by atoms with Crippen molar-refractivity contribution in [1.29, 1.82) is 0 Å². The Morgan fingerprint density at radius 1 is 1.29 bits per heavy atom. The first-order chi connectivity index (χ1) is 16.0. The molecule has 1 unspecified atom stereocenters. The van der Waals surface area contributed by atoms with Crippen molar-refractivity contribution < 1.29 is 17.6 Å². The minimum absolute atomic E-state index is 0.124. The van der Waals surface area contributed by atoms with E-state index < -0.39 is 16.2 Å². The number of amides is 1. The van der Waals surface area contributed by atoms with Crippen LogP contribution in [-0.2, 0) is 14.8 Å². The number of fused-ring (bicyclic) bond motifs is 1. The number of carbonyl (C=O) groups is 1. The van der Waals surface area contributed by atoms with Gasteiger partial charge >= 0.3 is 0 Å². The van der Waals surface area contributed by atoms with Crippen molar-refractivity contribution in [2.75, 3.05) is 6.26 Å². The SMILES string of the molecule is CC1=CNC(NC(=O)[C@H]2CCC[C@@H](NS(C)(=O)=O)C2)C=C1c1cc(F)c2ncn(C(C)C)c2c1. The van der Waals surface area contributed by atoms with E-state index in [1.807, 2.05) is 43.7 Å². The molecular formula is C24H32FN5O3S. The zero-order chi connectivity index (χ0) is 24.6. The number of carbonyl (C=O) groups excluding carboxylic acids is 1. The molecule has 0 radical (unpaired) electrons. The maximum Gasteiger partial charge on any atom is 0.225 e. The Morgan fingerprint density at radius 2 is 2.06 bits per heavy atom. The highest BCUT2D eigenvalue weighted by Gasteiger charge is 2.30. The van der Waals surface area contributed by atoms with Crippen molar-refractivity contribution in [1.82, 2.24) is 24.9 Å². The molecule has 1 aliphatic heterocycles. The van der Waals surface area contributed by atoms with Crippen LogP contribution in [-0.4, -0.2) is 42.3 Å². The molecule has 1 aromatic carbocycles. The van der Waals surface area contributed by atoms with Crippen molar-refractivity contribution >= 4 is 32.5 Å². The van der Waals surface area contributed by atoms with Crippen LogP contribution in [0.5, 0.6) is 0 Å². The largest absolute Gasteiger partial charge is 0.368 e. The zero-order valence-corrected chi connectivity index (χ0v) is 20.7. The lowest BCUT2D eigenvalue weighted by atomic mass is 9.85. The fourth-order valence-electron chi connectivity index (χ4n) is 4.81. The molecule has 1 aromatic heterocycles. The molecule has 34 heavy (non-hydrogen) atoms. The number of halogens is 1. The number of nitrogens with zero attached hydrogens (tertiary/aromatic N) is 2. The lowest BCUT2D eigenvalue weighted by molar-refractivity contribution is -0.126. The molecule has 1 saturated carbocycles. The maximum atomic E-state index is 14.9. The number of rotatable bonds is 6. The Morgan fingerprint density at radius 3 is 2.76 bits per heavy atom. The van der Waals surface area contributed by atoms with E-state index in [1.54, 1.807) is 6.33 Å². The number of allylic oxidation sites excluding steroid dienone is 2. The molecule has 2 aromatic rings. The summed E-state index contributed by atoms with van der Waals surface area (Å²) in [7, 11) is -3.32. The maximum absolute atomic E-state index is 14.9. The zero-order valence-electron chi connectivity index (χ0n) is 19.9. The van der Waals surface area contributed by atoms with Crippen LogP contribution in [0, 0.1) is 11.7 Å². The van der Waals surface area contributed by atoms with Crippen LogP contribution in [0.1, 0.15) is 58.1 Å². The Bertz CT molecular complexity index is 1260. The molecular weight excluding hydrogens is 457 g/mol. The van der Waals surface area contributed by atoms with E-state index in [2.05, 4.69) is 20.3 Å². The standard InChI is InChI=1S/C24H32FN5O3S/c1-14(2)30-13-27-23-20(25)9-17(10-21(23)30)19-11-22(26-12-15(19)3)28-24(31)16-6-5-7-18(8-16)29-34(4,32)33/h9-14,16,18,22,26,29H,5-8H2,1-4H3,(H,28,31)/t16-,18+,22?/m0/s1. The van der Waals surface area contributed by atoms with Crippen LogP contribution in [0.15, 0.2) is 36.3 Å². The van der Waals surface area contributed by atoms with Crippen molar-refractivity contribution in [2.24, 2.45) is 5.92 Å². The quantitative estimate of drug-likeness (QED) is 0.578. The van der Waals surface area contributed by atoms with Gasteiger partial charge in [0.25, 0.3) is 0 Å². The fraction of sp³-hybridized carbons (Fsp3) is 0.500. The average Bonchev–Trinajstić information content (AvgIpc) is 3.19. The molecule has 2 aliphatic rings. The third kappa shape index (κ3) is 5.33. The first kappa shape index (κ1) is 24.4. The number of sulfonamides is 1. The second kappa shape index (κ2) is 9.50. The van der Waals surface area contributed by atoms with E-state index in [0.717, 1.165) is 41.3 Å². The topological polar surface area (TPSA) is 105 Å². The van der Waals surface area contributed by atoms with Crippen molar-refractivity contribution in [3.63, 3.8) is 0 Å². The highest BCUT2D eigenvalue weighted by Crippen LogP contribution is 2.31. The van der Waals surface area contributed by atoms with E-state index in [4.69, 9.17) is 0 Å². The van der Waals surface area contributed by atoms with Gasteiger partial charge in [-0.25, -0.2) is 22.5 Å². The van der Waals surface area contributed by atoms with Crippen LogP contribution in [0.3, 0.4) is 0 Å². The van der Waals surface area contributed by atoms with E-state index in [0.29, 0.717) is 18.4 Å². The summed E-state index contributed by atoms with van der Waals surface area (Å²) >= 11 is 0. The van der Waals surface area contributed by atoms with Crippen molar-refractivity contribution in [3.8, 4) is 0 Å². The molecule has 0 bridgehead atoms. The van der Waals surface area contributed by atoms with Gasteiger partial charge in [0, 0.05) is 24.2 Å². The smallest absolute Gasteiger partial charge is 0.225 e. The number of dihydropyridines is 1. The predicted molar refractivity (Wildman–Crippen MR) is 131 cm³/mol. The third-order valence-corrected chi connectivity index (χ3v) is 7.22. The van der Waals surface area contributed by atoms with Gasteiger partial charge in [-0.2, -0.15) is 0 Å². The lowest BCUT2D eigenvalue weighted by Crippen LogP contribution is -2.48. The van der Waals surface area contributed by atoms with Crippen LogP contribution < -0.4 is 15.4 Å². The summed E-state index contributed by atoms with van der Waals surface area (Å²) < 4.78 is 42.6. The molecule has 8 nitrogen and oxygen atoms in total. The predicted octanol–water partition coefficient (Wildman–Crippen LogP) is 3.20. The van der Waals surface area contributed by atoms with Gasteiger partial charge in [-0.3, -0.25) is 4.79 Å². The molecule has 3 N–H and O–H groups in total. The van der Waals surface area contributed by atoms with Gasteiger partial charge in [-0.1, -0.05) is 6.42 Å². The van der Waals surface area contributed by atoms with Gasteiger partial charge in [0.15, 0.2) is 5.82 Å². The normalized spacial score (nSPS) is 23.4. The summed E-state index contributed by atoms with van der Waals surface area (Å²) in [6.07, 6.45) is 8.74. The van der Waals surface area contributed by atoms with E-state index >= 15 is 0 Å². The molecule has 10 heteroatoms. The molecule has 0 saturated heterocycles. The van der Waals surface area contributed by atoms with Gasteiger partial charge in [-0.05, 0) is 75.0 Å². The second-order valence-corrected chi connectivity index (χ2v) is 11.4. The molecule has 184 valence electrons. The van der Waals surface area contributed by atoms with E-state index in [-0.39, 0.29) is 29.7 Å². The Labute approximate surface area is 199 Å². The molecule has 1 amide bonds. The number of imidazole rings is 1. The molecule has 1 fully saturated rings. The monoisotopic (exact) mass is 489 g/mol. The number of hydrogen-bond donors (Lipinski definition) is 3. The van der Waals surface area contributed by atoms with E-state index in [9.17, 15) is 17.6 Å². The summed E-state index contributed by atoms with van der Waals surface area (Å²) in [5.41, 5.74) is 3.55. The minimum Gasteiger partial charge on any atom is -0.368 e. The minimum atomic E-state index is -3.32. The van der Waals surface area contributed by atoms with Crippen molar-refractivity contribution in [3.05, 3.63) is 47.7 Å². The summed E-state index contributed by atoms with van der Waals surface area (Å²) in [5, 5.41) is 6.18. The number of hydrogen-bond acceptors (Lipinski definition) is 5. The summed E-state index contributed by atoms with van der Waals surface area (Å²) in [6, 6.07) is 3.33. The van der Waals surface area contributed by atoms with E-state index in [1.165, 1.54) is 6.07 Å². The van der Waals surface area contributed by atoms with Gasteiger partial charge in [0.1, 0.15) is 11.7 Å². The van der Waals surface area contributed by atoms with Gasteiger partial charge in [0.2, 0.25) is 15.9 Å². The summed E-state index contributed by atoms with van der Waals surface area (Å²) in [5.74, 6) is -0.778. The number of benzene rings is 1. The van der Waals surface area contributed by atoms with Gasteiger partial charge < -0.3 is 15.2 Å². The third-order valence-electron chi connectivity index (χ3n) is 6.46. The average molecular weight is 490 g/mol. The summed E-state index contributed by atoms with van der Waals surface area (Å²) in [4.78, 5) is 17.2. The second-order valence-electron chi connectivity index (χ2n) is 9.58. The Balaban J connectivity index is 1.53. The van der Waals surface area contributed by atoms with Crippen molar-refractivity contribution in [2.45, 2.75) is 64.7 Å². The number of aromatic nitrogens is 2. The molecule has 3 atom stereocenters. The first-order valence-corrected chi connectivity index (χ1v) is 13.5. The van der Waals surface area contributed by atoms with Gasteiger partial charge in [-0.15, -0.1) is 0 Å². The lowest BCUT2D eigenvalue weighted by Gasteiger charge is -2.30. The Kier molecular flexibility index (Phi) is 6.82. The number of nitrogens with one attached hydrogen (secondary N) is 3. The fourth-order valence-corrected chi connectivity index (χ4v) is 5.63. The van der Waals surface area contributed by atoms with Crippen LogP contribution >= 0.6 is 0 Å². The molecule has 1 aliphatic carbocycles. The van der Waals surface area contributed by atoms with Crippen LogP contribution in [0.25, 0.3) is 16.6 Å². The molecule has 4 rings (SSSR count). The highest BCUT2D eigenvalue weighted by molar-refractivity contribution is 7.88. The molecule has 2 heterocycles. The Hall–Kier alpha value is -2.72. The highest BCUT2D eigenvalue weighted by atomic mass is 32.2. The molecule has 0 spiro atoms. The van der Waals surface area contributed by atoms with Gasteiger partial charge in [0.05, 0.1) is 18.1 Å².